The van der Waals surface area contributed by atoms with Gasteiger partial charge in [-0.2, -0.15) is 0 Å². The Hall–Kier alpha value is -2.15. The lowest BCUT2D eigenvalue weighted by Gasteiger charge is -2.13. The van der Waals surface area contributed by atoms with Crippen LogP contribution in [0.5, 0.6) is 5.75 Å². The minimum Gasteiger partial charge on any atom is -0.484 e. The Bertz CT molecular complexity index is 545. The number of para-hydroxylation sites is 1. The average Bonchev–Trinajstić information content (AvgIpc) is 3.04. The number of hydrogen-bond donors (Lipinski definition) is 3. The molecule has 0 spiro atoms. The summed E-state index contributed by atoms with van der Waals surface area (Å²) in [6.45, 7) is -0.143. The van der Waals surface area contributed by atoms with Crippen molar-refractivity contribution in [1.82, 2.24) is 16.2 Å². The van der Waals surface area contributed by atoms with Gasteiger partial charge in [0.25, 0.3) is 5.91 Å². The number of ether oxygens (including phenoxy) is 1. The second kappa shape index (κ2) is 9.09. The molecule has 1 fully saturated rings. The van der Waals surface area contributed by atoms with Crippen LogP contribution in [0.3, 0.4) is 0 Å². The van der Waals surface area contributed by atoms with Crippen LogP contribution in [0.1, 0.15) is 32.1 Å². The molecule has 0 unspecified atom stereocenters. The van der Waals surface area contributed by atoms with Crippen molar-refractivity contribution in [2.75, 3.05) is 6.61 Å². The third-order valence-corrected chi connectivity index (χ3v) is 3.83. The lowest BCUT2D eigenvalue weighted by atomic mass is 10.0. The van der Waals surface area contributed by atoms with Crippen molar-refractivity contribution in [2.45, 2.75) is 32.1 Å². The lowest BCUT2D eigenvalue weighted by molar-refractivity contribution is -0.124. The summed E-state index contributed by atoms with van der Waals surface area (Å²) in [4.78, 5) is 23.4. The van der Waals surface area contributed by atoms with E-state index in [9.17, 15) is 9.59 Å². The fraction of sp³-hybridized carbons (Fsp3) is 0.438. The maximum Gasteiger partial charge on any atom is 0.276 e. The van der Waals surface area contributed by atoms with Gasteiger partial charge in [0.05, 0.1) is 0 Å². The summed E-state index contributed by atoms with van der Waals surface area (Å²) in [5.41, 5.74) is 4.88. The van der Waals surface area contributed by atoms with E-state index in [-0.39, 0.29) is 23.5 Å². The topological polar surface area (TPSA) is 79.5 Å². The van der Waals surface area contributed by atoms with E-state index in [1.54, 1.807) is 12.1 Å². The predicted molar refractivity (Wildman–Crippen MR) is 90.5 cm³/mol. The molecule has 124 valence electrons. The monoisotopic (exact) mass is 335 g/mol. The smallest absolute Gasteiger partial charge is 0.276 e. The van der Waals surface area contributed by atoms with E-state index in [2.05, 4.69) is 16.2 Å². The van der Waals surface area contributed by atoms with Gasteiger partial charge in [0.15, 0.2) is 11.7 Å². The number of benzene rings is 1. The van der Waals surface area contributed by atoms with Crippen molar-refractivity contribution in [3.63, 3.8) is 0 Å². The number of nitrogens with one attached hydrogen (secondary N) is 3. The summed E-state index contributed by atoms with van der Waals surface area (Å²) in [6, 6.07) is 9.02. The van der Waals surface area contributed by atoms with Crippen LogP contribution in [0, 0.1) is 5.92 Å². The van der Waals surface area contributed by atoms with Crippen molar-refractivity contribution < 1.29 is 14.3 Å². The zero-order valence-electron chi connectivity index (χ0n) is 12.8. The molecule has 2 amide bonds. The number of hydrazine groups is 1. The quantitative estimate of drug-likeness (QED) is 0.563. The van der Waals surface area contributed by atoms with Gasteiger partial charge in [0.2, 0.25) is 5.91 Å². The average molecular weight is 335 g/mol. The van der Waals surface area contributed by atoms with E-state index in [0.717, 1.165) is 12.8 Å². The van der Waals surface area contributed by atoms with Crippen LogP contribution >= 0.6 is 12.2 Å². The van der Waals surface area contributed by atoms with Gasteiger partial charge in [-0.25, -0.2) is 0 Å². The van der Waals surface area contributed by atoms with Crippen molar-refractivity contribution >= 4 is 29.1 Å². The number of thiocarbonyl (C=S) groups is 1. The molecule has 2 rings (SSSR count). The highest BCUT2D eigenvalue weighted by molar-refractivity contribution is 7.80. The van der Waals surface area contributed by atoms with Gasteiger partial charge in [0.1, 0.15) is 5.75 Å². The molecular weight excluding hydrogens is 314 g/mol. The number of hydrogen-bond acceptors (Lipinski definition) is 4. The molecule has 6 nitrogen and oxygen atoms in total. The fourth-order valence-corrected chi connectivity index (χ4v) is 2.68. The molecule has 0 aliphatic heterocycles. The van der Waals surface area contributed by atoms with Gasteiger partial charge < -0.3 is 10.1 Å². The standard InChI is InChI=1S/C16H21N3O3S/c20-14(10-12-6-4-5-7-12)17-16(23)19-18-15(21)11-22-13-8-2-1-3-9-13/h1-3,8-9,12H,4-7,10-11H2,(H,18,21)(H2,17,19,20,23). The number of rotatable bonds is 5. The van der Waals surface area contributed by atoms with Gasteiger partial charge in [-0.3, -0.25) is 20.4 Å². The number of carbonyl (C=O) groups is 2. The Balaban J connectivity index is 1.59. The molecule has 0 radical (unpaired) electrons. The summed E-state index contributed by atoms with van der Waals surface area (Å²) < 4.78 is 5.29. The van der Waals surface area contributed by atoms with Gasteiger partial charge in [0, 0.05) is 6.42 Å². The number of carbonyl (C=O) groups excluding carboxylic acids is 2. The summed E-state index contributed by atoms with van der Waals surface area (Å²) >= 11 is 4.97. The molecule has 0 aromatic heterocycles. The molecule has 7 heteroatoms. The first kappa shape index (κ1) is 17.2. The second-order valence-corrected chi connectivity index (χ2v) is 5.92. The molecule has 1 saturated carbocycles. The van der Waals surface area contributed by atoms with Crippen LogP contribution in [0.15, 0.2) is 30.3 Å². The van der Waals surface area contributed by atoms with Gasteiger partial charge in [-0.15, -0.1) is 0 Å². The Labute approximate surface area is 140 Å². The minimum atomic E-state index is -0.388. The van der Waals surface area contributed by atoms with Crippen LogP contribution < -0.4 is 20.9 Å². The summed E-state index contributed by atoms with van der Waals surface area (Å²) in [5, 5.41) is 2.65. The highest BCUT2D eigenvalue weighted by atomic mass is 32.1. The molecule has 0 atom stereocenters. The molecule has 0 saturated heterocycles. The molecular formula is C16H21N3O3S. The summed E-state index contributed by atoms with van der Waals surface area (Å²) in [7, 11) is 0. The highest BCUT2D eigenvalue weighted by Gasteiger charge is 2.18. The van der Waals surface area contributed by atoms with E-state index in [0.29, 0.717) is 18.1 Å². The van der Waals surface area contributed by atoms with Crippen molar-refractivity contribution in [3.05, 3.63) is 30.3 Å². The van der Waals surface area contributed by atoms with Crippen LogP contribution in [0.25, 0.3) is 0 Å². The summed E-state index contributed by atoms with van der Waals surface area (Å²) in [5.74, 6) is 0.548. The third kappa shape index (κ3) is 6.65. The first-order chi connectivity index (χ1) is 11.1. The van der Waals surface area contributed by atoms with Crippen LogP contribution in [0.2, 0.25) is 0 Å². The van der Waals surface area contributed by atoms with E-state index < -0.39 is 0 Å². The molecule has 1 aliphatic rings. The lowest BCUT2D eigenvalue weighted by Crippen LogP contribution is -2.49. The van der Waals surface area contributed by atoms with Crippen LogP contribution in [-0.2, 0) is 9.59 Å². The maximum atomic E-state index is 11.8. The Kier molecular flexibility index (Phi) is 6.80. The molecule has 1 aliphatic carbocycles. The Morgan fingerprint density at radius 2 is 1.78 bits per heavy atom. The van der Waals surface area contributed by atoms with Crippen LogP contribution in [0.4, 0.5) is 0 Å². The first-order valence-corrected chi connectivity index (χ1v) is 8.11. The van der Waals surface area contributed by atoms with E-state index in [1.165, 1.54) is 12.8 Å². The summed E-state index contributed by atoms with van der Waals surface area (Å²) in [6.07, 6.45) is 5.06. The van der Waals surface area contributed by atoms with E-state index in [4.69, 9.17) is 17.0 Å². The second-order valence-electron chi connectivity index (χ2n) is 5.51. The third-order valence-electron chi connectivity index (χ3n) is 3.63. The van der Waals surface area contributed by atoms with E-state index >= 15 is 0 Å². The Morgan fingerprint density at radius 1 is 1.09 bits per heavy atom. The fourth-order valence-electron chi connectivity index (χ4n) is 2.51. The zero-order chi connectivity index (χ0) is 16.5. The zero-order valence-corrected chi connectivity index (χ0v) is 13.7. The van der Waals surface area contributed by atoms with Crippen LogP contribution in [-0.4, -0.2) is 23.5 Å². The van der Waals surface area contributed by atoms with Gasteiger partial charge in [-0.05, 0) is 43.1 Å². The minimum absolute atomic E-state index is 0.0843. The molecule has 1 aromatic carbocycles. The van der Waals surface area contributed by atoms with Gasteiger partial charge in [-0.1, -0.05) is 31.0 Å². The first-order valence-electron chi connectivity index (χ1n) is 7.70. The molecule has 0 heterocycles. The SMILES string of the molecule is O=C(COc1ccccc1)NNC(=S)NC(=O)CC1CCCC1. The molecule has 1 aromatic rings. The molecule has 0 bridgehead atoms. The normalized spacial score (nSPS) is 14.1. The van der Waals surface area contributed by atoms with Crippen molar-refractivity contribution in [2.24, 2.45) is 5.92 Å². The van der Waals surface area contributed by atoms with Crippen molar-refractivity contribution in [3.8, 4) is 5.75 Å². The Morgan fingerprint density at radius 3 is 2.48 bits per heavy atom. The largest absolute Gasteiger partial charge is 0.484 e. The van der Waals surface area contributed by atoms with Crippen molar-refractivity contribution in [1.29, 1.82) is 0 Å². The maximum absolute atomic E-state index is 11.8. The number of amides is 2. The van der Waals surface area contributed by atoms with Gasteiger partial charge >= 0.3 is 0 Å². The molecule has 23 heavy (non-hydrogen) atoms. The molecule has 3 N–H and O–H groups in total. The predicted octanol–water partition coefficient (Wildman–Crippen LogP) is 1.67. The van der Waals surface area contributed by atoms with E-state index in [1.807, 2.05) is 18.2 Å². The highest BCUT2D eigenvalue weighted by Crippen LogP contribution is 2.27.